The van der Waals surface area contributed by atoms with Crippen molar-refractivity contribution in [3.05, 3.63) is 23.5 Å². The predicted octanol–water partition coefficient (Wildman–Crippen LogP) is 1.70. The lowest BCUT2D eigenvalue weighted by Gasteiger charge is -2.27. The number of carbonyl (C=O) groups excluding carboxylic acids is 1. The minimum atomic E-state index is -1.19. The van der Waals surface area contributed by atoms with Crippen LogP contribution in [-0.2, 0) is 16.0 Å². The fraction of sp³-hybridized carbons (Fsp3) is 0.462. The number of nitrogens with zero attached hydrogens (tertiary/aromatic N) is 2. The number of aromatic nitrogens is 2. The molecule has 0 bridgehead atoms. The molecule has 0 fully saturated rings. The fourth-order valence-electron chi connectivity index (χ4n) is 2.12. The summed E-state index contributed by atoms with van der Waals surface area (Å²) in [7, 11) is 0. The number of thiazole rings is 1. The molecule has 0 atom stereocenters. The number of rotatable bonds is 6. The van der Waals surface area contributed by atoms with Crippen LogP contribution in [0.4, 0.5) is 0 Å². The first-order valence-electron chi connectivity index (χ1n) is 6.46. The Balaban J connectivity index is 2.08. The van der Waals surface area contributed by atoms with E-state index in [0.717, 1.165) is 4.96 Å². The monoisotopic (exact) mass is 295 g/mol. The number of nitrogens with one attached hydrogen (secondary N) is 1. The highest BCUT2D eigenvalue weighted by Gasteiger charge is 2.36. The number of fused-ring (bicyclic) bond motifs is 1. The fourth-order valence-corrected chi connectivity index (χ4v) is 2.84. The number of imidazole rings is 1. The van der Waals surface area contributed by atoms with Crippen LogP contribution in [0, 0.1) is 0 Å². The first-order valence-corrected chi connectivity index (χ1v) is 7.34. The molecule has 0 aliphatic carbocycles. The zero-order valence-corrected chi connectivity index (χ0v) is 12.2. The van der Waals surface area contributed by atoms with Crippen LogP contribution in [0.5, 0.6) is 0 Å². The zero-order chi connectivity index (χ0) is 14.8. The standard InChI is InChI=1S/C13H17N3O3S/c1-3-13(4-2,11(18)19)15-10(17)7-9-8-16-5-6-20-12(16)14-9/h5-6,8H,3-4,7H2,1-2H3,(H,15,17)(H,18,19). The second kappa shape index (κ2) is 5.62. The van der Waals surface area contributed by atoms with Crippen molar-refractivity contribution in [3.63, 3.8) is 0 Å². The van der Waals surface area contributed by atoms with Crippen molar-refractivity contribution in [2.45, 2.75) is 38.6 Å². The lowest BCUT2D eigenvalue weighted by atomic mass is 9.92. The maximum absolute atomic E-state index is 12.0. The molecule has 0 saturated carbocycles. The van der Waals surface area contributed by atoms with Crippen molar-refractivity contribution in [2.75, 3.05) is 0 Å². The lowest BCUT2D eigenvalue weighted by molar-refractivity contribution is -0.148. The van der Waals surface area contributed by atoms with Crippen molar-refractivity contribution < 1.29 is 14.7 Å². The first-order chi connectivity index (χ1) is 9.50. The number of carboxylic acid groups (broad SMARTS) is 1. The van der Waals surface area contributed by atoms with Gasteiger partial charge in [-0.05, 0) is 12.8 Å². The molecule has 2 aromatic heterocycles. The summed E-state index contributed by atoms with van der Waals surface area (Å²) in [4.78, 5) is 28.5. The molecule has 7 heteroatoms. The van der Waals surface area contributed by atoms with Gasteiger partial charge in [-0.3, -0.25) is 9.20 Å². The third kappa shape index (κ3) is 2.67. The van der Waals surface area contributed by atoms with E-state index in [9.17, 15) is 14.7 Å². The van der Waals surface area contributed by atoms with Crippen LogP contribution in [-0.4, -0.2) is 31.9 Å². The summed E-state index contributed by atoms with van der Waals surface area (Å²) in [5.74, 6) is -1.32. The highest BCUT2D eigenvalue weighted by Crippen LogP contribution is 2.16. The van der Waals surface area contributed by atoms with Gasteiger partial charge in [0, 0.05) is 17.8 Å². The van der Waals surface area contributed by atoms with E-state index < -0.39 is 11.5 Å². The summed E-state index contributed by atoms with van der Waals surface area (Å²) in [6.45, 7) is 3.51. The van der Waals surface area contributed by atoms with Gasteiger partial charge < -0.3 is 10.4 Å². The summed E-state index contributed by atoms with van der Waals surface area (Å²) >= 11 is 1.49. The Morgan fingerprint density at radius 2 is 2.15 bits per heavy atom. The van der Waals surface area contributed by atoms with Crippen LogP contribution in [0.3, 0.4) is 0 Å². The molecule has 0 saturated heterocycles. The second-order valence-electron chi connectivity index (χ2n) is 4.64. The van der Waals surface area contributed by atoms with Gasteiger partial charge >= 0.3 is 5.97 Å². The van der Waals surface area contributed by atoms with Crippen LogP contribution in [0.2, 0.25) is 0 Å². The van der Waals surface area contributed by atoms with Crippen molar-refractivity contribution >= 4 is 28.2 Å². The van der Waals surface area contributed by atoms with E-state index in [1.54, 1.807) is 20.0 Å². The average Bonchev–Trinajstić information content (AvgIpc) is 2.96. The van der Waals surface area contributed by atoms with E-state index in [4.69, 9.17) is 0 Å². The van der Waals surface area contributed by atoms with E-state index in [1.807, 2.05) is 16.0 Å². The van der Waals surface area contributed by atoms with E-state index in [2.05, 4.69) is 10.3 Å². The molecule has 0 aliphatic rings. The summed E-state index contributed by atoms with van der Waals surface area (Å²) in [6, 6.07) is 0. The zero-order valence-electron chi connectivity index (χ0n) is 11.4. The number of hydrogen-bond acceptors (Lipinski definition) is 4. The Morgan fingerprint density at radius 3 is 2.70 bits per heavy atom. The van der Waals surface area contributed by atoms with E-state index in [0.29, 0.717) is 18.5 Å². The Kier molecular flexibility index (Phi) is 4.08. The molecule has 1 amide bonds. The molecule has 2 N–H and O–H groups in total. The molecular formula is C13H17N3O3S. The third-order valence-corrected chi connectivity index (χ3v) is 4.25. The van der Waals surface area contributed by atoms with Gasteiger partial charge in [0.2, 0.25) is 5.91 Å². The Morgan fingerprint density at radius 1 is 1.45 bits per heavy atom. The SMILES string of the molecule is CCC(CC)(NC(=O)Cc1cn2ccsc2n1)C(=O)O. The van der Waals surface area contributed by atoms with Crippen LogP contribution in [0.1, 0.15) is 32.4 Å². The van der Waals surface area contributed by atoms with E-state index in [-0.39, 0.29) is 12.3 Å². The molecule has 0 aliphatic heterocycles. The molecule has 0 aromatic carbocycles. The van der Waals surface area contributed by atoms with Crippen LogP contribution >= 0.6 is 11.3 Å². The quantitative estimate of drug-likeness (QED) is 0.849. The number of aliphatic carboxylic acids is 1. The maximum atomic E-state index is 12.0. The summed E-state index contributed by atoms with van der Waals surface area (Å²) in [5.41, 5.74) is -0.547. The highest BCUT2D eigenvalue weighted by atomic mass is 32.1. The maximum Gasteiger partial charge on any atom is 0.329 e. The molecule has 2 rings (SSSR count). The molecular weight excluding hydrogens is 278 g/mol. The van der Waals surface area contributed by atoms with Crippen LogP contribution < -0.4 is 5.32 Å². The highest BCUT2D eigenvalue weighted by molar-refractivity contribution is 7.15. The molecule has 2 heterocycles. The topological polar surface area (TPSA) is 83.7 Å². The molecule has 0 radical (unpaired) electrons. The Labute approximate surface area is 120 Å². The minimum Gasteiger partial charge on any atom is -0.480 e. The molecule has 2 aromatic rings. The second-order valence-corrected chi connectivity index (χ2v) is 5.52. The Bertz CT molecular complexity index is 599. The van der Waals surface area contributed by atoms with Gasteiger partial charge in [0.1, 0.15) is 5.54 Å². The number of hydrogen-bond donors (Lipinski definition) is 2. The number of carboxylic acids is 1. The van der Waals surface area contributed by atoms with E-state index >= 15 is 0 Å². The van der Waals surface area contributed by atoms with Gasteiger partial charge in [0.15, 0.2) is 4.96 Å². The van der Waals surface area contributed by atoms with Crippen molar-refractivity contribution in [1.82, 2.24) is 14.7 Å². The van der Waals surface area contributed by atoms with Gasteiger partial charge in [-0.15, -0.1) is 11.3 Å². The normalized spacial score (nSPS) is 11.7. The van der Waals surface area contributed by atoms with Gasteiger partial charge in [0.05, 0.1) is 12.1 Å². The lowest BCUT2D eigenvalue weighted by Crippen LogP contribution is -2.54. The number of carbonyl (C=O) groups is 2. The van der Waals surface area contributed by atoms with Crippen molar-refractivity contribution in [2.24, 2.45) is 0 Å². The van der Waals surface area contributed by atoms with Crippen molar-refractivity contribution in [3.8, 4) is 0 Å². The largest absolute Gasteiger partial charge is 0.480 e. The molecule has 108 valence electrons. The average molecular weight is 295 g/mol. The molecule has 0 unspecified atom stereocenters. The molecule has 6 nitrogen and oxygen atoms in total. The van der Waals surface area contributed by atoms with Crippen LogP contribution in [0.25, 0.3) is 4.96 Å². The van der Waals surface area contributed by atoms with Crippen molar-refractivity contribution in [1.29, 1.82) is 0 Å². The number of amides is 1. The van der Waals surface area contributed by atoms with Gasteiger partial charge in [-0.25, -0.2) is 9.78 Å². The summed E-state index contributed by atoms with van der Waals surface area (Å²) in [6.07, 6.45) is 4.44. The van der Waals surface area contributed by atoms with Gasteiger partial charge in [-0.1, -0.05) is 13.8 Å². The van der Waals surface area contributed by atoms with Gasteiger partial charge in [-0.2, -0.15) is 0 Å². The smallest absolute Gasteiger partial charge is 0.329 e. The summed E-state index contributed by atoms with van der Waals surface area (Å²) < 4.78 is 1.84. The summed E-state index contributed by atoms with van der Waals surface area (Å²) in [5, 5.41) is 13.8. The van der Waals surface area contributed by atoms with E-state index in [1.165, 1.54) is 11.3 Å². The Hall–Kier alpha value is -1.89. The molecule has 20 heavy (non-hydrogen) atoms. The van der Waals surface area contributed by atoms with Gasteiger partial charge in [0.25, 0.3) is 0 Å². The predicted molar refractivity (Wildman–Crippen MR) is 75.9 cm³/mol. The van der Waals surface area contributed by atoms with Crippen LogP contribution in [0.15, 0.2) is 17.8 Å². The first kappa shape index (κ1) is 14.5. The molecule has 0 spiro atoms. The minimum absolute atomic E-state index is 0.0867. The third-order valence-electron chi connectivity index (χ3n) is 3.48.